The van der Waals surface area contributed by atoms with Crippen LogP contribution in [0.3, 0.4) is 0 Å². The van der Waals surface area contributed by atoms with Crippen LogP contribution in [0, 0.1) is 0 Å². The summed E-state index contributed by atoms with van der Waals surface area (Å²) in [6.07, 6.45) is -0.209. The molecule has 0 aliphatic heterocycles. The van der Waals surface area contributed by atoms with Crippen molar-refractivity contribution in [2.75, 3.05) is 18.1 Å². The highest BCUT2D eigenvalue weighted by Gasteiger charge is 2.19. The van der Waals surface area contributed by atoms with Gasteiger partial charge in [-0.15, -0.1) is 0 Å². The molecule has 0 unspecified atom stereocenters. The third-order valence-corrected chi connectivity index (χ3v) is 6.47. The van der Waals surface area contributed by atoms with E-state index in [0.717, 1.165) is 5.56 Å². The number of nitrogens with one attached hydrogen (secondary N) is 1. The van der Waals surface area contributed by atoms with Crippen molar-refractivity contribution in [2.24, 2.45) is 0 Å². The van der Waals surface area contributed by atoms with Crippen LogP contribution in [0.25, 0.3) is 0 Å². The number of hydrogen-bond donors (Lipinski definition) is 1. The quantitative estimate of drug-likeness (QED) is 0.583. The Kier molecular flexibility index (Phi) is 7.20. The first-order valence-corrected chi connectivity index (χ1v) is 11.5. The van der Waals surface area contributed by atoms with Gasteiger partial charge in [0.05, 0.1) is 21.9 Å². The van der Waals surface area contributed by atoms with E-state index >= 15 is 0 Å². The monoisotopic (exact) mass is 436 g/mol. The highest BCUT2D eigenvalue weighted by molar-refractivity contribution is 7.91. The molecule has 0 heterocycles. The molecule has 0 radical (unpaired) electrons. The number of carbonyl (C=O) groups is 2. The summed E-state index contributed by atoms with van der Waals surface area (Å²) in [5.41, 5.74) is 1.70. The number of anilines is 1. The van der Waals surface area contributed by atoms with Crippen LogP contribution in [0.4, 0.5) is 5.69 Å². The van der Waals surface area contributed by atoms with E-state index in [1.165, 1.54) is 12.1 Å². The van der Waals surface area contributed by atoms with Gasteiger partial charge in [0, 0.05) is 20.0 Å². The van der Waals surface area contributed by atoms with Gasteiger partial charge >= 0.3 is 0 Å². The van der Waals surface area contributed by atoms with Crippen molar-refractivity contribution in [3.05, 3.63) is 96.1 Å². The van der Waals surface area contributed by atoms with Crippen molar-refractivity contribution in [2.45, 2.75) is 17.9 Å². The van der Waals surface area contributed by atoms with Gasteiger partial charge in [0.25, 0.3) is 5.91 Å². The molecule has 2 amide bonds. The number of benzene rings is 3. The van der Waals surface area contributed by atoms with E-state index < -0.39 is 15.7 Å². The molecule has 0 fully saturated rings. The van der Waals surface area contributed by atoms with E-state index in [4.69, 9.17) is 0 Å². The molecule has 31 heavy (non-hydrogen) atoms. The molecule has 3 rings (SSSR count). The molecule has 0 aromatic heterocycles. The fraction of sp³-hybridized carbons (Fsp3) is 0.167. The van der Waals surface area contributed by atoms with Crippen LogP contribution >= 0.6 is 0 Å². The minimum atomic E-state index is -3.56. The first kappa shape index (κ1) is 22.2. The summed E-state index contributed by atoms with van der Waals surface area (Å²) < 4.78 is 24.8. The summed E-state index contributed by atoms with van der Waals surface area (Å²) in [5, 5.41) is 2.68. The van der Waals surface area contributed by atoms with Crippen LogP contribution in [-0.2, 0) is 21.2 Å². The van der Waals surface area contributed by atoms with Crippen LogP contribution in [0.2, 0.25) is 0 Å². The standard InChI is InChI=1S/C24H24N2O4S/c1-26(18-19-10-4-2-5-11-19)24(28)21-14-8-9-15-22(21)25-23(27)16-17-31(29,30)20-12-6-3-7-13-20/h2-15H,16-18H2,1H3,(H,25,27). The van der Waals surface area contributed by atoms with E-state index in [0.29, 0.717) is 17.8 Å². The van der Waals surface area contributed by atoms with Crippen LogP contribution in [0.1, 0.15) is 22.3 Å². The fourth-order valence-electron chi connectivity index (χ4n) is 3.10. The lowest BCUT2D eigenvalue weighted by Gasteiger charge is -2.19. The molecule has 3 aromatic carbocycles. The van der Waals surface area contributed by atoms with Crippen LogP contribution in [-0.4, -0.2) is 37.9 Å². The van der Waals surface area contributed by atoms with E-state index in [1.54, 1.807) is 54.4 Å². The summed E-state index contributed by atoms with van der Waals surface area (Å²) >= 11 is 0. The smallest absolute Gasteiger partial charge is 0.256 e. The molecule has 0 spiro atoms. The number of hydrogen-bond acceptors (Lipinski definition) is 4. The maximum atomic E-state index is 12.9. The molecule has 0 atom stereocenters. The first-order chi connectivity index (χ1) is 14.9. The Hall–Kier alpha value is -3.45. The topological polar surface area (TPSA) is 83.6 Å². The van der Waals surface area contributed by atoms with Gasteiger partial charge in [0.1, 0.15) is 0 Å². The normalized spacial score (nSPS) is 11.0. The van der Waals surface area contributed by atoms with Gasteiger partial charge in [-0.2, -0.15) is 0 Å². The molecule has 6 nitrogen and oxygen atoms in total. The SMILES string of the molecule is CN(Cc1ccccc1)C(=O)c1ccccc1NC(=O)CCS(=O)(=O)c1ccccc1. The highest BCUT2D eigenvalue weighted by atomic mass is 32.2. The lowest BCUT2D eigenvalue weighted by molar-refractivity contribution is -0.115. The molecule has 0 bridgehead atoms. The van der Waals surface area contributed by atoms with Gasteiger partial charge in [0.15, 0.2) is 9.84 Å². The maximum absolute atomic E-state index is 12.9. The molecule has 0 aliphatic carbocycles. The zero-order valence-electron chi connectivity index (χ0n) is 17.2. The number of rotatable bonds is 8. The second kappa shape index (κ2) is 10.0. The van der Waals surface area contributed by atoms with Gasteiger partial charge in [-0.05, 0) is 29.8 Å². The number of sulfone groups is 1. The second-order valence-electron chi connectivity index (χ2n) is 7.12. The van der Waals surface area contributed by atoms with E-state index in [2.05, 4.69) is 5.32 Å². The Morgan fingerprint density at radius 2 is 1.42 bits per heavy atom. The Bertz CT molecular complexity index is 1150. The van der Waals surface area contributed by atoms with Crippen LogP contribution < -0.4 is 5.32 Å². The van der Waals surface area contributed by atoms with Gasteiger partial charge in [0.2, 0.25) is 5.91 Å². The fourth-order valence-corrected chi connectivity index (χ4v) is 4.36. The molecule has 160 valence electrons. The van der Waals surface area contributed by atoms with E-state index in [9.17, 15) is 18.0 Å². The summed E-state index contributed by atoms with van der Waals surface area (Å²) in [6.45, 7) is 0.428. The Morgan fingerprint density at radius 3 is 2.10 bits per heavy atom. The third kappa shape index (κ3) is 6.02. The number of nitrogens with zero attached hydrogens (tertiary/aromatic N) is 1. The molecule has 7 heteroatoms. The second-order valence-corrected chi connectivity index (χ2v) is 9.23. The van der Waals surface area contributed by atoms with E-state index in [1.807, 2.05) is 30.3 Å². The molecular formula is C24H24N2O4S. The molecular weight excluding hydrogens is 412 g/mol. The number of amides is 2. The zero-order valence-corrected chi connectivity index (χ0v) is 18.0. The molecule has 3 aromatic rings. The zero-order chi connectivity index (χ0) is 22.3. The third-order valence-electron chi connectivity index (χ3n) is 4.74. The molecule has 0 aliphatic rings. The molecule has 1 N–H and O–H groups in total. The predicted molar refractivity (Wildman–Crippen MR) is 120 cm³/mol. The van der Waals surface area contributed by atoms with Crippen molar-refractivity contribution >= 4 is 27.3 Å². The summed E-state index contributed by atoms with van der Waals surface area (Å²) in [6, 6.07) is 24.3. The average Bonchev–Trinajstić information content (AvgIpc) is 2.79. The lowest BCUT2D eigenvalue weighted by atomic mass is 10.1. The van der Waals surface area contributed by atoms with Gasteiger partial charge in [-0.25, -0.2) is 8.42 Å². The first-order valence-electron chi connectivity index (χ1n) is 9.83. The predicted octanol–water partition coefficient (Wildman–Crippen LogP) is 3.76. The summed E-state index contributed by atoms with van der Waals surface area (Å²) in [7, 11) is -1.86. The Morgan fingerprint density at radius 1 is 0.839 bits per heavy atom. The number of carbonyl (C=O) groups excluding carboxylic acids is 2. The maximum Gasteiger partial charge on any atom is 0.256 e. The van der Waals surface area contributed by atoms with Crippen molar-refractivity contribution in [3.8, 4) is 0 Å². The average molecular weight is 437 g/mol. The van der Waals surface area contributed by atoms with Crippen molar-refractivity contribution in [1.82, 2.24) is 4.90 Å². The van der Waals surface area contributed by atoms with Gasteiger partial charge in [-0.1, -0.05) is 60.7 Å². The summed E-state index contributed by atoms with van der Waals surface area (Å²) in [5.74, 6) is -1.02. The van der Waals surface area contributed by atoms with Crippen molar-refractivity contribution in [1.29, 1.82) is 0 Å². The van der Waals surface area contributed by atoms with Crippen LogP contribution in [0.15, 0.2) is 89.8 Å². The highest BCUT2D eigenvalue weighted by Crippen LogP contribution is 2.19. The number of para-hydroxylation sites is 1. The Labute approximate surface area is 182 Å². The summed E-state index contributed by atoms with van der Waals surface area (Å²) in [4.78, 5) is 27.1. The Balaban J connectivity index is 1.66. The largest absolute Gasteiger partial charge is 0.337 e. The van der Waals surface area contributed by atoms with Crippen molar-refractivity contribution < 1.29 is 18.0 Å². The van der Waals surface area contributed by atoms with Crippen molar-refractivity contribution in [3.63, 3.8) is 0 Å². The van der Waals surface area contributed by atoms with Crippen LogP contribution in [0.5, 0.6) is 0 Å². The van der Waals surface area contributed by atoms with Gasteiger partial charge < -0.3 is 10.2 Å². The van der Waals surface area contributed by atoms with Gasteiger partial charge in [-0.3, -0.25) is 9.59 Å². The molecule has 0 saturated heterocycles. The lowest BCUT2D eigenvalue weighted by Crippen LogP contribution is -2.27. The minimum Gasteiger partial charge on any atom is -0.337 e. The molecule has 0 saturated carbocycles. The van der Waals surface area contributed by atoms with E-state index in [-0.39, 0.29) is 23.0 Å². The minimum absolute atomic E-state index is 0.181.